The molecule has 2 saturated heterocycles. The van der Waals surface area contributed by atoms with Gasteiger partial charge >= 0.3 is 0 Å². The maximum absolute atomic E-state index is 12.7. The molecule has 8 nitrogen and oxygen atoms in total. The van der Waals surface area contributed by atoms with Gasteiger partial charge in [-0.3, -0.25) is 4.79 Å². The average molecular weight is 504 g/mol. The van der Waals surface area contributed by atoms with Gasteiger partial charge in [0, 0.05) is 38.4 Å². The Bertz CT molecular complexity index is 1200. The van der Waals surface area contributed by atoms with Crippen LogP contribution in [-0.4, -0.2) is 62.1 Å². The SMILES string of the molecule is CCc1c(C#N)c(SC(C(N)=O)c2cccc(N3CCCC3)c2)nc(N2CCCN(C)CC2)c1C#N. The van der Waals surface area contributed by atoms with Crippen LogP contribution in [0.4, 0.5) is 11.5 Å². The van der Waals surface area contributed by atoms with Crippen LogP contribution < -0.4 is 15.5 Å². The molecule has 188 valence electrons. The van der Waals surface area contributed by atoms with Gasteiger partial charge in [-0.15, -0.1) is 0 Å². The standard InChI is InChI=1S/C27H33N7OS/c1-3-21-22(17-28)26(34-13-7-10-32(2)14-15-34)31-27(23(21)18-29)36-24(25(30)35)19-8-6-9-20(16-19)33-11-4-5-12-33/h6,8-9,16,24H,3-5,7,10-15H2,1-2H3,(H2,30,35). The number of hydrogen-bond donors (Lipinski definition) is 1. The second-order valence-electron chi connectivity index (χ2n) is 9.38. The Labute approximate surface area is 217 Å². The second kappa shape index (κ2) is 11.6. The summed E-state index contributed by atoms with van der Waals surface area (Å²) in [5.74, 6) is 0.116. The molecule has 0 bridgehead atoms. The molecule has 2 fully saturated rings. The number of benzene rings is 1. The molecule has 1 amide bonds. The lowest BCUT2D eigenvalue weighted by Crippen LogP contribution is -2.30. The highest BCUT2D eigenvalue weighted by Crippen LogP contribution is 2.40. The Hall–Kier alpha value is -3.27. The number of pyridine rings is 1. The minimum atomic E-state index is -0.701. The molecule has 4 rings (SSSR count). The van der Waals surface area contributed by atoms with Gasteiger partial charge in [-0.1, -0.05) is 30.8 Å². The van der Waals surface area contributed by atoms with E-state index in [0.29, 0.717) is 34.0 Å². The Morgan fingerprint density at radius 1 is 1.06 bits per heavy atom. The third-order valence-electron chi connectivity index (χ3n) is 6.98. The molecule has 3 heterocycles. The van der Waals surface area contributed by atoms with E-state index in [1.54, 1.807) is 0 Å². The number of amides is 1. The summed E-state index contributed by atoms with van der Waals surface area (Å²) in [6.07, 6.45) is 3.80. The monoisotopic (exact) mass is 503 g/mol. The van der Waals surface area contributed by atoms with Crippen LogP contribution in [0.3, 0.4) is 0 Å². The number of thioether (sulfide) groups is 1. The number of rotatable bonds is 7. The number of anilines is 2. The van der Waals surface area contributed by atoms with Crippen molar-refractivity contribution in [1.82, 2.24) is 9.88 Å². The van der Waals surface area contributed by atoms with Gasteiger partial charge in [0.1, 0.15) is 28.2 Å². The summed E-state index contributed by atoms with van der Waals surface area (Å²) < 4.78 is 0. The van der Waals surface area contributed by atoms with Crippen molar-refractivity contribution in [2.24, 2.45) is 5.73 Å². The molecule has 2 N–H and O–H groups in total. The van der Waals surface area contributed by atoms with Crippen molar-refractivity contribution in [2.75, 3.05) is 56.1 Å². The smallest absolute Gasteiger partial charge is 0.235 e. The summed E-state index contributed by atoms with van der Waals surface area (Å²) >= 11 is 1.21. The fraction of sp³-hybridized carbons (Fsp3) is 0.481. The zero-order valence-electron chi connectivity index (χ0n) is 21.0. The van der Waals surface area contributed by atoms with Gasteiger partial charge in [-0.25, -0.2) is 4.98 Å². The molecule has 2 aliphatic heterocycles. The third kappa shape index (κ3) is 5.43. The molecule has 0 aliphatic carbocycles. The van der Waals surface area contributed by atoms with Crippen LogP contribution in [0.25, 0.3) is 0 Å². The molecular formula is C27H33N7OS. The van der Waals surface area contributed by atoms with Crippen molar-refractivity contribution in [2.45, 2.75) is 42.9 Å². The molecule has 0 spiro atoms. The zero-order chi connectivity index (χ0) is 25.7. The van der Waals surface area contributed by atoms with Gasteiger partial charge in [0.2, 0.25) is 5.91 Å². The molecule has 2 aliphatic rings. The molecule has 36 heavy (non-hydrogen) atoms. The Morgan fingerprint density at radius 2 is 1.78 bits per heavy atom. The van der Waals surface area contributed by atoms with Gasteiger partial charge < -0.3 is 20.4 Å². The van der Waals surface area contributed by atoms with E-state index >= 15 is 0 Å². The molecule has 1 unspecified atom stereocenters. The summed E-state index contributed by atoms with van der Waals surface area (Å²) in [5.41, 5.74) is 9.27. The zero-order valence-corrected chi connectivity index (χ0v) is 21.9. The van der Waals surface area contributed by atoms with Gasteiger partial charge in [0.15, 0.2) is 0 Å². The quantitative estimate of drug-likeness (QED) is 0.572. The normalized spacial score (nSPS) is 17.3. The topological polar surface area (TPSA) is 113 Å². The highest BCUT2D eigenvalue weighted by molar-refractivity contribution is 8.00. The lowest BCUT2D eigenvalue weighted by atomic mass is 10.0. The summed E-state index contributed by atoms with van der Waals surface area (Å²) in [4.78, 5) is 24.3. The minimum Gasteiger partial charge on any atom is -0.372 e. The molecule has 2 aromatic rings. The summed E-state index contributed by atoms with van der Waals surface area (Å²) in [6, 6.07) is 12.5. The fourth-order valence-corrected chi connectivity index (χ4v) is 6.07. The lowest BCUT2D eigenvalue weighted by Gasteiger charge is -2.26. The Kier molecular flexibility index (Phi) is 8.35. The number of primary amides is 1. The first-order valence-corrected chi connectivity index (χ1v) is 13.5. The van der Waals surface area contributed by atoms with Gasteiger partial charge in [-0.05, 0) is 62.5 Å². The van der Waals surface area contributed by atoms with E-state index in [1.807, 2.05) is 25.1 Å². The van der Waals surface area contributed by atoms with Crippen LogP contribution in [0.5, 0.6) is 0 Å². The Morgan fingerprint density at radius 3 is 2.44 bits per heavy atom. The van der Waals surface area contributed by atoms with Crippen molar-refractivity contribution in [1.29, 1.82) is 10.5 Å². The van der Waals surface area contributed by atoms with Crippen molar-refractivity contribution < 1.29 is 4.79 Å². The first-order chi connectivity index (χ1) is 17.5. The van der Waals surface area contributed by atoms with Crippen LogP contribution in [-0.2, 0) is 11.2 Å². The van der Waals surface area contributed by atoms with Crippen molar-refractivity contribution in [3.63, 3.8) is 0 Å². The highest BCUT2D eigenvalue weighted by atomic mass is 32.2. The van der Waals surface area contributed by atoms with Crippen LogP contribution in [0.2, 0.25) is 0 Å². The number of nitriles is 2. The maximum atomic E-state index is 12.7. The molecular weight excluding hydrogens is 470 g/mol. The molecule has 0 saturated carbocycles. The predicted octanol–water partition coefficient (Wildman–Crippen LogP) is 3.45. The average Bonchev–Trinajstić information content (AvgIpc) is 3.34. The summed E-state index contributed by atoms with van der Waals surface area (Å²) in [5, 5.41) is 19.9. The largest absolute Gasteiger partial charge is 0.372 e. The van der Waals surface area contributed by atoms with Crippen molar-refractivity contribution >= 4 is 29.2 Å². The molecule has 0 radical (unpaired) electrons. The maximum Gasteiger partial charge on any atom is 0.235 e. The molecule has 1 aromatic carbocycles. The van der Waals surface area contributed by atoms with Crippen molar-refractivity contribution in [3.8, 4) is 12.1 Å². The number of likely N-dealkylation sites (N-methyl/N-ethyl adjacent to an activating group) is 1. The van der Waals surface area contributed by atoms with Crippen LogP contribution in [0, 0.1) is 22.7 Å². The second-order valence-corrected chi connectivity index (χ2v) is 10.5. The van der Waals surface area contributed by atoms with Gasteiger partial charge in [0.05, 0.1) is 11.1 Å². The van der Waals surface area contributed by atoms with E-state index in [9.17, 15) is 15.3 Å². The molecule has 9 heteroatoms. The van der Waals surface area contributed by atoms with E-state index in [1.165, 1.54) is 11.8 Å². The number of nitrogens with zero attached hydrogens (tertiary/aromatic N) is 6. The minimum absolute atomic E-state index is 0.358. The number of carbonyl (C=O) groups is 1. The van der Waals surface area contributed by atoms with E-state index < -0.39 is 11.2 Å². The highest BCUT2D eigenvalue weighted by Gasteiger charge is 2.28. The van der Waals surface area contributed by atoms with Gasteiger partial charge in [0.25, 0.3) is 0 Å². The Balaban J connectivity index is 1.76. The molecule has 1 atom stereocenters. The first kappa shape index (κ1) is 25.8. The van der Waals surface area contributed by atoms with E-state index in [0.717, 1.165) is 69.8 Å². The number of carbonyl (C=O) groups excluding carboxylic acids is 1. The molecule has 1 aromatic heterocycles. The summed E-state index contributed by atoms with van der Waals surface area (Å²) in [6.45, 7) is 7.31. The van der Waals surface area contributed by atoms with E-state index in [2.05, 4.69) is 40.0 Å². The van der Waals surface area contributed by atoms with Gasteiger partial charge in [-0.2, -0.15) is 10.5 Å². The fourth-order valence-electron chi connectivity index (χ4n) is 5.02. The summed E-state index contributed by atoms with van der Waals surface area (Å²) in [7, 11) is 2.09. The third-order valence-corrected chi connectivity index (χ3v) is 8.24. The lowest BCUT2D eigenvalue weighted by molar-refractivity contribution is -0.117. The van der Waals surface area contributed by atoms with E-state index in [4.69, 9.17) is 10.7 Å². The number of aromatic nitrogens is 1. The van der Waals surface area contributed by atoms with Crippen LogP contribution >= 0.6 is 11.8 Å². The van der Waals surface area contributed by atoms with E-state index in [-0.39, 0.29) is 0 Å². The van der Waals surface area contributed by atoms with Crippen LogP contribution in [0.15, 0.2) is 29.3 Å². The first-order valence-electron chi connectivity index (χ1n) is 12.6. The predicted molar refractivity (Wildman–Crippen MR) is 143 cm³/mol. The van der Waals surface area contributed by atoms with Crippen LogP contribution in [0.1, 0.15) is 53.7 Å². The number of hydrogen-bond acceptors (Lipinski definition) is 8. The number of nitrogens with two attached hydrogens (primary N) is 1. The van der Waals surface area contributed by atoms with Crippen molar-refractivity contribution in [3.05, 3.63) is 46.5 Å².